The second kappa shape index (κ2) is 3.19. The molecule has 4 aliphatic heterocycles. The Morgan fingerprint density at radius 2 is 1.72 bits per heavy atom. The van der Waals surface area contributed by atoms with Gasteiger partial charge in [0.1, 0.15) is 0 Å². The molecule has 4 nitrogen and oxygen atoms in total. The lowest BCUT2D eigenvalue weighted by Crippen LogP contribution is -2.77. The number of piperidine rings is 2. The molecule has 0 spiro atoms. The second-order valence-electron chi connectivity index (χ2n) is 6.32. The fraction of sp³-hybridized carbons (Fsp3) is 0.571. The highest BCUT2D eigenvalue weighted by Crippen LogP contribution is 2.47. The number of carbonyl (C=O) groups excluding carboxylic acids is 1. The monoisotopic (exact) mass is 243 g/mol. The van der Waals surface area contributed by atoms with Gasteiger partial charge in [-0.2, -0.15) is 0 Å². The number of hydrogen-bond acceptors (Lipinski definition) is 4. The summed E-state index contributed by atoms with van der Waals surface area (Å²) in [6, 6.07) is 4.02. The van der Waals surface area contributed by atoms with Crippen LogP contribution in [-0.4, -0.2) is 53.4 Å². The van der Waals surface area contributed by atoms with Gasteiger partial charge in [0.2, 0.25) is 0 Å². The van der Waals surface area contributed by atoms with Crippen molar-refractivity contribution in [2.45, 2.75) is 12.3 Å². The Balaban J connectivity index is 1.88. The van der Waals surface area contributed by atoms with Crippen LogP contribution in [0.4, 0.5) is 0 Å². The number of hydrogen-bond donors (Lipinski definition) is 0. The average Bonchev–Trinajstić information content (AvgIpc) is 2.36. The van der Waals surface area contributed by atoms with Gasteiger partial charge in [0.15, 0.2) is 5.78 Å². The first kappa shape index (κ1) is 10.6. The molecule has 1 aromatic rings. The number of carbonyl (C=O) groups is 1. The summed E-state index contributed by atoms with van der Waals surface area (Å²) < 4.78 is 0. The molecule has 4 fully saturated rings. The molecule has 4 aliphatic rings. The molecule has 2 atom stereocenters. The molecule has 4 heteroatoms. The van der Waals surface area contributed by atoms with E-state index in [-0.39, 0.29) is 10.8 Å². The molecule has 0 N–H and O–H groups in total. The summed E-state index contributed by atoms with van der Waals surface area (Å²) in [4.78, 5) is 21.9. The molecule has 0 radical (unpaired) electrons. The summed E-state index contributed by atoms with van der Waals surface area (Å²) in [5, 5.41) is 0. The van der Waals surface area contributed by atoms with E-state index in [0.717, 1.165) is 38.4 Å². The summed E-state index contributed by atoms with van der Waals surface area (Å²) in [7, 11) is 0. The van der Waals surface area contributed by atoms with E-state index < -0.39 is 0 Å². The summed E-state index contributed by atoms with van der Waals surface area (Å²) in [5.41, 5.74) is 0.646. The Hall–Kier alpha value is -1.26. The van der Waals surface area contributed by atoms with E-state index in [1.165, 1.54) is 0 Å². The fourth-order valence-corrected chi connectivity index (χ4v) is 4.29. The predicted molar refractivity (Wildman–Crippen MR) is 67.0 cm³/mol. The predicted octanol–water partition coefficient (Wildman–Crippen LogP) is 0.497. The van der Waals surface area contributed by atoms with Crippen LogP contribution in [0.1, 0.15) is 12.5 Å². The molecule has 0 amide bonds. The Bertz CT molecular complexity index is 499. The SMILES string of the molecule is CC12CN3CN(C1)CC(c1ccncc1)(C3)C2=O. The van der Waals surface area contributed by atoms with Crippen LogP contribution < -0.4 is 0 Å². The van der Waals surface area contributed by atoms with Crippen molar-refractivity contribution in [3.05, 3.63) is 30.1 Å². The molecule has 0 aromatic carbocycles. The van der Waals surface area contributed by atoms with E-state index in [9.17, 15) is 4.79 Å². The lowest BCUT2D eigenvalue weighted by Gasteiger charge is -2.62. The number of rotatable bonds is 1. The van der Waals surface area contributed by atoms with Gasteiger partial charge in [-0.1, -0.05) is 6.92 Å². The zero-order valence-corrected chi connectivity index (χ0v) is 10.6. The Morgan fingerprint density at radius 3 is 2.33 bits per heavy atom. The van der Waals surface area contributed by atoms with Crippen molar-refractivity contribution >= 4 is 5.78 Å². The van der Waals surface area contributed by atoms with Gasteiger partial charge in [0, 0.05) is 38.6 Å². The molecule has 18 heavy (non-hydrogen) atoms. The summed E-state index contributed by atoms with van der Waals surface area (Å²) in [6.45, 7) is 6.76. The molecular weight excluding hydrogens is 226 g/mol. The van der Waals surface area contributed by atoms with Crippen LogP contribution in [0.2, 0.25) is 0 Å². The Kier molecular flexibility index (Phi) is 1.89. The molecular formula is C14H17N3O. The molecule has 5 rings (SSSR count). The van der Waals surface area contributed by atoms with Crippen LogP contribution in [0.5, 0.6) is 0 Å². The largest absolute Gasteiger partial charge is 0.298 e. The van der Waals surface area contributed by atoms with E-state index in [2.05, 4.69) is 21.7 Å². The maximum Gasteiger partial charge on any atom is 0.154 e. The van der Waals surface area contributed by atoms with Crippen molar-refractivity contribution in [3.63, 3.8) is 0 Å². The molecule has 94 valence electrons. The third kappa shape index (κ3) is 1.17. The van der Waals surface area contributed by atoms with Gasteiger partial charge >= 0.3 is 0 Å². The minimum Gasteiger partial charge on any atom is -0.298 e. The number of Topliss-reactive ketones (excluding diaryl/α,β-unsaturated/α-hetero) is 1. The highest BCUT2D eigenvalue weighted by molar-refractivity contribution is 5.97. The molecule has 4 saturated heterocycles. The molecule has 5 heterocycles. The lowest BCUT2D eigenvalue weighted by molar-refractivity contribution is -0.168. The second-order valence-corrected chi connectivity index (χ2v) is 6.32. The Morgan fingerprint density at radius 1 is 1.11 bits per heavy atom. The van der Waals surface area contributed by atoms with Crippen molar-refractivity contribution in [2.75, 3.05) is 32.8 Å². The van der Waals surface area contributed by atoms with E-state index in [0.29, 0.717) is 5.78 Å². The van der Waals surface area contributed by atoms with Crippen molar-refractivity contribution in [2.24, 2.45) is 5.41 Å². The molecule has 4 bridgehead atoms. The zero-order valence-electron chi connectivity index (χ0n) is 10.6. The molecule has 0 aliphatic carbocycles. The first-order valence-electron chi connectivity index (χ1n) is 6.53. The summed E-state index contributed by atoms with van der Waals surface area (Å²) in [5.74, 6) is 0.438. The average molecular weight is 243 g/mol. The van der Waals surface area contributed by atoms with Gasteiger partial charge in [-0.25, -0.2) is 0 Å². The number of pyridine rings is 1. The molecule has 2 unspecified atom stereocenters. The minimum absolute atomic E-state index is 0.183. The van der Waals surface area contributed by atoms with E-state index in [1.54, 1.807) is 12.4 Å². The van der Waals surface area contributed by atoms with E-state index in [4.69, 9.17) is 0 Å². The quantitative estimate of drug-likeness (QED) is 0.719. The van der Waals surface area contributed by atoms with E-state index >= 15 is 0 Å². The van der Waals surface area contributed by atoms with Crippen LogP contribution in [0, 0.1) is 5.41 Å². The maximum absolute atomic E-state index is 12.9. The first-order chi connectivity index (χ1) is 8.62. The number of aromatic nitrogens is 1. The highest BCUT2D eigenvalue weighted by atomic mass is 16.1. The van der Waals surface area contributed by atoms with Gasteiger partial charge < -0.3 is 0 Å². The van der Waals surface area contributed by atoms with Crippen molar-refractivity contribution in [1.82, 2.24) is 14.8 Å². The zero-order chi connectivity index (χ0) is 12.4. The van der Waals surface area contributed by atoms with Gasteiger partial charge in [0.05, 0.1) is 17.5 Å². The highest BCUT2D eigenvalue weighted by Gasteiger charge is 2.61. The van der Waals surface area contributed by atoms with E-state index in [1.807, 2.05) is 12.1 Å². The van der Waals surface area contributed by atoms with Gasteiger partial charge in [-0.3, -0.25) is 19.6 Å². The topological polar surface area (TPSA) is 36.4 Å². The smallest absolute Gasteiger partial charge is 0.154 e. The van der Waals surface area contributed by atoms with Crippen LogP contribution in [0.15, 0.2) is 24.5 Å². The third-order valence-electron chi connectivity index (χ3n) is 4.75. The standard InChI is InChI=1S/C14H17N3O/c1-13-6-16-8-14(12(13)18,9-17(7-13)10-16)11-2-4-15-5-3-11/h2-5H,6-10H2,1H3. The van der Waals surface area contributed by atoms with Crippen LogP contribution in [0.25, 0.3) is 0 Å². The molecule has 1 aromatic heterocycles. The minimum atomic E-state index is -0.313. The number of ketones is 1. The summed E-state index contributed by atoms with van der Waals surface area (Å²) >= 11 is 0. The maximum atomic E-state index is 12.9. The third-order valence-corrected chi connectivity index (χ3v) is 4.75. The van der Waals surface area contributed by atoms with Crippen LogP contribution >= 0.6 is 0 Å². The fourth-order valence-electron chi connectivity index (χ4n) is 4.29. The van der Waals surface area contributed by atoms with Gasteiger partial charge in [-0.15, -0.1) is 0 Å². The first-order valence-corrected chi connectivity index (χ1v) is 6.53. The van der Waals surface area contributed by atoms with Gasteiger partial charge in [-0.05, 0) is 17.7 Å². The summed E-state index contributed by atoms with van der Waals surface area (Å²) in [6.07, 6.45) is 3.60. The Labute approximate surface area is 107 Å². The number of nitrogens with zero attached hydrogens (tertiary/aromatic N) is 3. The molecule has 0 saturated carbocycles. The van der Waals surface area contributed by atoms with Crippen molar-refractivity contribution < 1.29 is 4.79 Å². The normalized spacial score (nSPS) is 45.5. The van der Waals surface area contributed by atoms with Crippen LogP contribution in [-0.2, 0) is 10.2 Å². The van der Waals surface area contributed by atoms with Crippen molar-refractivity contribution in [1.29, 1.82) is 0 Å². The van der Waals surface area contributed by atoms with Crippen LogP contribution in [0.3, 0.4) is 0 Å². The van der Waals surface area contributed by atoms with Gasteiger partial charge in [0.25, 0.3) is 0 Å². The lowest BCUT2D eigenvalue weighted by atomic mass is 9.59. The van der Waals surface area contributed by atoms with Crippen molar-refractivity contribution in [3.8, 4) is 0 Å².